The van der Waals surface area contributed by atoms with Gasteiger partial charge >= 0.3 is 5.97 Å². The van der Waals surface area contributed by atoms with E-state index in [2.05, 4.69) is 10.1 Å². The van der Waals surface area contributed by atoms with Crippen LogP contribution in [0.15, 0.2) is 18.2 Å². The summed E-state index contributed by atoms with van der Waals surface area (Å²) in [6, 6.07) is 4.58. The highest BCUT2D eigenvalue weighted by atomic mass is 35.5. The van der Waals surface area contributed by atoms with Crippen LogP contribution >= 0.6 is 11.6 Å². The number of halogens is 2. The maximum atomic E-state index is 12.8. The van der Waals surface area contributed by atoms with Gasteiger partial charge in [0.25, 0.3) is 0 Å². The first-order valence-corrected chi connectivity index (χ1v) is 5.66. The molecule has 0 saturated carbocycles. The number of alkyl halides is 1. The van der Waals surface area contributed by atoms with E-state index in [4.69, 9.17) is 11.6 Å². The number of hydrogen-bond donors (Lipinski definition) is 1. The Kier molecular flexibility index (Phi) is 5.38. The normalized spacial score (nSPS) is 12.2. The lowest BCUT2D eigenvalue weighted by Crippen LogP contribution is -2.29. The Morgan fingerprint density at radius 2 is 2.29 bits per heavy atom. The zero-order valence-corrected chi connectivity index (χ0v) is 10.6. The molecule has 0 heterocycles. The van der Waals surface area contributed by atoms with Gasteiger partial charge in [-0.05, 0) is 30.2 Å². The summed E-state index contributed by atoms with van der Waals surface area (Å²) >= 11 is 5.77. The van der Waals surface area contributed by atoms with Crippen molar-refractivity contribution in [2.24, 2.45) is 0 Å². The van der Waals surface area contributed by atoms with Gasteiger partial charge in [0, 0.05) is 13.1 Å². The van der Waals surface area contributed by atoms with Crippen LogP contribution in [0, 0.1) is 12.7 Å². The number of hydrogen-bond acceptors (Lipinski definition) is 3. The van der Waals surface area contributed by atoms with E-state index in [0.717, 1.165) is 11.1 Å². The van der Waals surface area contributed by atoms with Gasteiger partial charge in [-0.15, -0.1) is 11.6 Å². The van der Waals surface area contributed by atoms with Crippen LogP contribution in [0.5, 0.6) is 0 Å². The third-order valence-electron chi connectivity index (χ3n) is 2.40. The van der Waals surface area contributed by atoms with Crippen LogP contribution in [0.25, 0.3) is 0 Å². The maximum absolute atomic E-state index is 12.8. The third-order valence-corrected chi connectivity index (χ3v) is 2.73. The average Bonchev–Trinajstić information content (AvgIpc) is 2.30. The van der Waals surface area contributed by atoms with Crippen molar-refractivity contribution in [3.05, 3.63) is 35.1 Å². The van der Waals surface area contributed by atoms with Crippen molar-refractivity contribution in [2.75, 3.05) is 13.7 Å². The molecule has 1 aromatic carbocycles. The van der Waals surface area contributed by atoms with Crippen molar-refractivity contribution < 1.29 is 13.9 Å². The molecule has 94 valence electrons. The van der Waals surface area contributed by atoms with Gasteiger partial charge in [-0.3, -0.25) is 4.79 Å². The topological polar surface area (TPSA) is 38.3 Å². The number of methoxy groups -OCH3 is 1. The zero-order chi connectivity index (χ0) is 12.8. The molecule has 0 bridgehead atoms. The van der Waals surface area contributed by atoms with Crippen molar-refractivity contribution in [2.45, 2.75) is 18.8 Å². The summed E-state index contributed by atoms with van der Waals surface area (Å²) in [4.78, 5) is 11.0. The predicted octanol–water partition coefficient (Wildman–Crippen LogP) is 2.00. The van der Waals surface area contributed by atoms with Gasteiger partial charge in [0.1, 0.15) is 11.2 Å². The van der Waals surface area contributed by atoms with E-state index in [1.807, 2.05) is 6.92 Å². The molecule has 0 fully saturated rings. The molecule has 0 amide bonds. The van der Waals surface area contributed by atoms with Gasteiger partial charge < -0.3 is 10.1 Å². The molecule has 0 saturated heterocycles. The summed E-state index contributed by atoms with van der Waals surface area (Å²) in [7, 11) is 1.29. The third kappa shape index (κ3) is 4.32. The number of nitrogens with one attached hydrogen (secondary N) is 1. The molecule has 3 nitrogen and oxygen atoms in total. The minimum Gasteiger partial charge on any atom is -0.468 e. The quantitative estimate of drug-likeness (QED) is 0.649. The van der Waals surface area contributed by atoms with E-state index >= 15 is 0 Å². The lowest BCUT2D eigenvalue weighted by Gasteiger charge is -2.10. The predicted molar refractivity (Wildman–Crippen MR) is 64.5 cm³/mol. The highest BCUT2D eigenvalue weighted by Crippen LogP contribution is 2.09. The second-order valence-corrected chi connectivity index (χ2v) is 4.22. The lowest BCUT2D eigenvalue weighted by molar-refractivity contribution is -0.140. The van der Waals surface area contributed by atoms with E-state index in [1.54, 1.807) is 6.07 Å². The van der Waals surface area contributed by atoms with Crippen LogP contribution in [0.2, 0.25) is 0 Å². The Bertz CT molecular complexity index is 398. The van der Waals surface area contributed by atoms with E-state index in [1.165, 1.54) is 19.2 Å². The first-order chi connectivity index (χ1) is 8.04. The largest absolute Gasteiger partial charge is 0.468 e. The molecule has 1 rings (SSSR count). The van der Waals surface area contributed by atoms with E-state index in [-0.39, 0.29) is 5.82 Å². The molecule has 0 aliphatic heterocycles. The zero-order valence-electron chi connectivity index (χ0n) is 9.80. The van der Waals surface area contributed by atoms with Crippen molar-refractivity contribution in [3.8, 4) is 0 Å². The molecule has 17 heavy (non-hydrogen) atoms. The Morgan fingerprint density at radius 3 is 2.88 bits per heavy atom. The van der Waals surface area contributed by atoms with Gasteiger partial charge in [-0.1, -0.05) is 6.07 Å². The van der Waals surface area contributed by atoms with Gasteiger partial charge in [-0.2, -0.15) is 0 Å². The van der Waals surface area contributed by atoms with Crippen LogP contribution in [-0.4, -0.2) is 25.0 Å². The Labute approximate surface area is 105 Å². The van der Waals surface area contributed by atoms with Crippen molar-refractivity contribution in [1.82, 2.24) is 5.32 Å². The van der Waals surface area contributed by atoms with E-state index in [9.17, 15) is 9.18 Å². The number of esters is 1. The average molecular weight is 260 g/mol. The lowest BCUT2D eigenvalue weighted by atomic mass is 10.1. The smallest absolute Gasteiger partial charge is 0.325 e. The first kappa shape index (κ1) is 13.9. The number of carbonyl (C=O) groups is 1. The molecule has 1 atom stereocenters. The Balaban J connectivity index is 2.43. The highest BCUT2D eigenvalue weighted by Gasteiger charge is 2.14. The minimum absolute atomic E-state index is 0.254. The molecule has 1 unspecified atom stereocenters. The summed E-state index contributed by atoms with van der Waals surface area (Å²) in [6.45, 7) is 2.68. The monoisotopic (exact) mass is 259 g/mol. The Morgan fingerprint density at radius 1 is 1.59 bits per heavy atom. The summed E-state index contributed by atoms with van der Waals surface area (Å²) < 4.78 is 17.3. The number of benzene rings is 1. The van der Waals surface area contributed by atoms with E-state index in [0.29, 0.717) is 13.1 Å². The minimum atomic E-state index is -0.708. The van der Waals surface area contributed by atoms with Crippen LogP contribution in [0.4, 0.5) is 4.39 Å². The number of rotatable bonds is 5. The first-order valence-electron chi connectivity index (χ1n) is 5.22. The molecule has 0 radical (unpaired) electrons. The standard InChI is InChI=1S/C12H15ClFNO2/c1-8-5-10(14)4-3-9(8)6-15-7-11(13)12(16)17-2/h3-5,11,15H,6-7H2,1-2H3. The molecule has 0 aliphatic carbocycles. The van der Waals surface area contributed by atoms with Gasteiger partial charge in [-0.25, -0.2) is 4.39 Å². The van der Waals surface area contributed by atoms with Crippen molar-refractivity contribution in [3.63, 3.8) is 0 Å². The van der Waals surface area contributed by atoms with Gasteiger partial charge in [0.15, 0.2) is 0 Å². The summed E-state index contributed by atoms with van der Waals surface area (Å²) in [5.41, 5.74) is 1.84. The van der Waals surface area contributed by atoms with Crippen LogP contribution in [0.1, 0.15) is 11.1 Å². The summed E-state index contributed by atoms with van der Waals surface area (Å²) in [6.07, 6.45) is 0. The van der Waals surface area contributed by atoms with Crippen LogP contribution in [-0.2, 0) is 16.1 Å². The van der Waals surface area contributed by atoms with Crippen LogP contribution in [0.3, 0.4) is 0 Å². The molecular weight excluding hydrogens is 245 g/mol. The van der Waals surface area contributed by atoms with Crippen molar-refractivity contribution >= 4 is 17.6 Å². The molecular formula is C12H15ClFNO2. The molecule has 1 aromatic rings. The van der Waals surface area contributed by atoms with E-state index < -0.39 is 11.3 Å². The highest BCUT2D eigenvalue weighted by molar-refractivity contribution is 6.30. The van der Waals surface area contributed by atoms with Gasteiger partial charge in [0.05, 0.1) is 7.11 Å². The van der Waals surface area contributed by atoms with Crippen molar-refractivity contribution in [1.29, 1.82) is 0 Å². The maximum Gasteiger partial charge on any atom is 0.325 e. The van der Waals surface area contributed by atoms with Gasteiger partial charge in [0.2, 0.25) is 0 Å². The SMILES string of the molecule is COC(=O)C(Cl)CNCc1ccc(F)cc1C. The van der Waals surface area contributed by atoms with Crippen LogP contribution < -0.4 is 5.32 Å². The fraction of sp³-hybridized carbons (Fsp3) is 0.417. The second kappa shape index (κ2) is 6.57. The number of aryl methyl sites for hydroxylation is 1. The Hall–Kier alpha value is -1.13. The molecule has 1 N–H and O–H groups in total. The fourth-order valence-corrected chi connectivity index (χ4v) is 1.60. The second-order valence-electron chi connectivity index (χ2n) is 3.69. The molecule has 5 heteroatoms. The fourth-order valence-electron chi connectivity index (χ4n) is 1.40. The molecule has 0 spiro atoms. The molecule has 0 aliphatic rings. The summed E-state index contributed by atoms with van der Waals surface area (Å²) in [5.74, 6) is -0.717. The number of carbonyl (C=O) groups excluding carboxylic acids is 1. The summed E-state index contributed by atoms with van der Waals surface area (Å²) in [5, 5.41) is 2.31. The molecule has 0 aromatic heterocycles. The number of ether oxygens (including phenoxy) is 1.